The van der Waals surface area contributed by atoms with Gasteiger partial charge in [0.15, 0.2) is 0 Å². The number of benzene rings is 1. The van der Waals surface area contributed by atoms with Gasteiger partial charge in [-0.1, -0.05) is 12.1 Å². The Bertz CT molecular complexity index is 961. The normalized spacial score (nSPS) is 17.0. The smallest absolute Gasteiger partial charge is 0.225 e. The van der Waals surface area contributed by atoms with E-state index in [-0.39, 0.29) is 24.2 Å². The molecule has 1 saturated heterocycles. The first-order valence-corrected chi connectivity index (χ1v) is 9.11. The van der Waals surface area contributed by atoms with E-state index in [0.717, 1.165) is 22.6 Å². The van der Waals surface area contributed by atoms with Crippen molar-refractivity contribution in [2.45, 2.75) is 26.4 Å². The van der Waals surface area contributed by atoms with E-state index >= 15 is 0 Å². The molecule has 3 aromatic rings. The van der Waals surface area contributed by atoms with Crippen LogP contribution in [0.4, 0.5) is 0 Å². The number of fused-ring (bicyclic) bond motifs is 1. The first-order valence-electron chi connectivity index (χ1n) is 9.11. The minimum absolute atomic E-state index is 0.0111. The Morgan fingerprint density at radius 3 is 2.96 bits per heavy atom. The SMILES string of the molecule is Cc1nc2ccccc2n1CCNC(=O)C1CC(=O)N(Cc2ccco2)C1. The Morgan fingerprint density at radius 2 is 2.15 bits per heavy atom. The van der Waals surface area contributed by atoms with Crippen molar-refractivity contribution in [2.75, 3.05) is 13.1 Å². The zero-order valence-electron chi connectivity index (χ0n) is 15.2. The first kappa shape index (κ1) is 17.3. The van der Waals surface area contributed by atoms with E-state index < -0.39 is 0 Å². The lowest BCUT2D eigenvalue weighted by molar-refractivity contribution is -0.129. The van der Waals surface area contributed by atoms with Crippen LogP contribution in [0.15, 0.2) is 47.1 Å². The molecule has 2 amide bonds. The van der Waals surface area contributed by atoms with Gasteiger partial charge in [-0.2, -0.15) is 0 Å². The molecule has 1 aliphatic rings. The quantitative estimate of drug-likeness (QED) is 0.724. The third-order valence-corrected chi connectivity index (χ3v) is 4.99. The summed E-state index contributed by atoms with van der Waals surface area (Å²) >= 11 is 0. The second-order valence-electron chi connectivity index (χ2n) is 6.85. The van der Waals surface area contributed by atoms with Crippen molar-refractivity contribution in [2.24, 2.45) is 5.92 Å². The number of furan rings is 1. The van der Waals surface area contributed by atoms with Crippen LogP contribution in [0.1, 0.15) is 18.0 Å². The molecule has 1 N–H and O–H groups in total. The van der Waals surface area contributed by atoms with E-state index in [2.05, 4.69) is 14.9 Å². The van der Waals surface area contributed by atoms with Crippen molar-refractivity contribution in [3.05, 3.63) is 54.2 Å². The molecule has 27 heavy (non-hydrogen) atoms. The molecule has 1 aliphatic heterocycles. The van der Waals surface area contributed by atoms with Crippen LogP contribution >= 0.6 is 0 Å². The zero-order valence-corrected chi connectivity index (χ0v) is 15.2. The van der Waals surface area contributed by atoms with E-state index in [0.29, 0.717) is 26.2 Å². The van der Waals surface area contributed by atoms with Gasteiger partial charge in [-0.05, 0) is 31.2 Å². The van der Waals surface area contributed by atoms with E-state index in [1.165, 1.54) is 0 Å². The Morgan fingerprint density at radius 1 is 1.30 bits per heavy atom. The molecule has 1 atom stereocenters. The molecule has 4 rings (SSSR count). The molecule has 2 aromatic heterocycles. The highest BCUT2D eigenvalue weighted by Crippen LogP contribution is 2.20. The summed E-state index contributed by atoms with van der Waals surface area (Å²) in [5.41, 5.74) is 2.02. The fourth-order valence-corrected chi connectivity index (χ4v) is 3.60. The zero-order chi connectivity index (χ0) is 18.8. The number of carbonyl (C=O) groups is 2. The maximum absolute atomic E-state index is 12.5. The maximum atomic E-state index is 12.5. The number of likely N-dealkylation sites (tertiary alicyclic amines) is 1. The van der Waals surface area contributed by atoms with Crippen LogP contribution in [0.3, 0.4) is 0 Å². The third kappa shape index (κ3) is 3.58. The first-order chi connectivity index (χ1) is 13.1. The summed E-state index contributed by atoms with van der Waals surface area (Å²) in [5.74, 6) is 1.25. The number of nitrogens with one attached hydrogen (secondary N) is 1. The van der Waals surface area contributed by atoms with Crippen LogP contribution in [0, 0.1) is 12.8 Å². The number of hydrogen-bond acceptors (Lipinski definition) is 4. The summed E-state index contributed by atoms with van der Waals surface area (Å²) in [6, 6.07) is 11.6. The topological polar surface area (TPSA) is 80.4 Å². The van der Waals surface area contributed by atoms with Gasteiger partial charge in [-0.25, -0.2) is 4.98 Å². The average Bonchev–Trinajstić information content (AvgIpc) is 3.36. The lowest BCUT2D eigenvalue weighted by Gasteiger charge is -2.15. The average molecular weight is 366 g/mol. The summed E-state index contributed by atoms with van der Waals surface area (Å²) in [6.07, 6.45) is 1.83. The number of aryl methyl sites for hydroxylation is 1. The molecule has 0 saturated carbocycles. The number of aromatic nitrogens is 2. The molecular weight excluding hydrogens is 344 g/mol. The fourth-order valence-electron chi connectivity index (χ4n) is 3.60. The summed E-state index contributed by atoms with van der Waals surface area (Å²) in [5, 5.41) is 2.96. The highest BCUT2D eigenvalue weighted by Gasteiger charge is 2.34. The predicted octanol–water partition coefficient (Wildman–Crippen LogP) is 2.10. The van der Waals surface area contributed by atoms with Gasteiger partial charge in [-0.15, -0.1) is 0 Å². The second kappa shape index (κ2) is 7.26. The number of imidazole rings is 1. The molecule has 0 bridgehead atoms. The standard InChI is InChI=1S/C20H22N4O3/c1-14-22-17-6-2-3-7-18(17)24(14)9-8-21-20(26)15-11-19(25)23(12-15)13-16-5-4-10-27-16/h2-7,10,15H,8-9,11-13H2,1H3,(H,21,26). The van der Waals surface area contributed by atoms with Crippen molar-refractivity contribution < 1.29 is 14.0 Å². The highest BCUT2D eigenvalue weighted by molar-refractivity contribution is 5.89. The van der Waals surface area contributed by atoms with Crippen LogP contribution < -0.4 is 5.32 Å². The van der Waals surface area contributed by atoms with Crippen molar-refractivity contribution >= 4 is 22.8 Å². The molecule has 7 heteroatoms. The van der Waals surface area contributed by atoms with E-state index in [1.54, 1.807) is 17.2 Å². The summed E-state index contributed by atoms with van der Waals surface area (Å²) < 4.78 is 7.38. The Hall–Kier alpha value is -3.09. The molecule has 0 aliphatic carbocycles. The Balaban J connectivity index is 1.32. The highest BCUT2D eigenvalue weighted by atomic mass is 16.3. The van der Waals surface area contributed by atoms with Crippen molar-refractivity contribution in [3.8, 4) is 0 Å². The molecule has 0 radical (unpaired) electrons. The van der Waals surface area contributed by atoms with Gasteiger partial charge in [0.2, 0.25) is 11.8 Å². The van der Waals surface area contributed by atoms with E-state index in [9.17, 15) is 9.59 Å². The molecule has 1 fully saturated rings. The van der Waals surface area contributed by atoms with Gasteiger partial charge < -0.3 is 19.2 Å². The minimum Gasteiger partial charge on any atom is -0.467 e. The van der Waals surface area contributed by atoms with E-state index in [4.69, 9.17) is 4.42 Å². The molecular formula is C20H22N4O3. The number of carbonyl (C=O) groups excluding carboxylic acids is 2. The summed E-state index contributed by atoms with van der Waals surface area (Å²) in [4.78, 5) is 30.8. The molecule has 3 heterocycles. The van der Waals surface area contributed by atoms with Crippen LogP contribution in [0.25, 0.3) is 11.0 Å². The minimum atomic E-state index is -0.312. The van der Waals surface area contributed by atoms with Gasteiger partial charge in [0, 0.05) is 26.1 Å². The number of hydrogen-bond donors (Lipinski definition) is 1. The van der Waals surface area contributed by atoms with Gasteiger partial charge in [-0.3, -0.25) is 9.59 Å². The number of rotatable bonds is 6. The summed E-state index contributed by atoms with van der Waals surface area (Å²) in [6.45, 7) is 3.95. The van der Waals surface area contributed by atoms with Gasteiger partial charge in [0.25, 0.3) is 0 Å². The van der Waals surface area contributed by atoms with Crippen molar-refractivity contribution in [1.82, 2.24) is 19.8 Å². The van der Waals surface area contributed by atoms with Crippen molar-refractivity contribution in [1.29, 1.82) is 0 Å². The second-order valence-corrected chi connectivity index (χ2v) is 6.85. The Kier molecular flexibility index (Phi) is 4.66. The molecule has 0 spiro atoms. The number of para-hydroxylation sites is 2. The van der Waals surface area contributed by atoms with Crippen LogP contribution in [0.2, 0.25) is 0 Å². The van der Waals surface area contributed by atoms with Gasteiger partial charge >= 0.3 is 0 Å². The number of nitrogens with zero attached hydrogens (tertiary/aromatic N) is 3. The third-order valence-electron chi connectivity index (χ3n) is 4.99. The molecule has 1 aromatic carbocycles. The lowest BCUT2D eigenvalue weighted by Crippen LogP contribution is -2.34. The van der Waals surface area contributed by atoms with Crippen LogP contribution in [0.5, 0.6) is 0 Å². The Labute approximate surface area is 157 Å². The van der Waals surface area contributed by atoms with Crippen LogP contribution in [-0.2, 0) is 22.7 Å². The maximum Gasteiger partial charge on any atom is 0.225 e. The monoisotopic (exact) mass is 366 g/mol. The molecule has 1 unspecified atom stereocenters. The molecule has 7 nitrogen and oxygen atoms in total. The largest absolute Gasteiger partial charge is 0.467 e. The molecule has 140 valence electrons. The van der Waals surface area contributed by atoms with Crippen LogP contribution in [-0.4, -0.2) is 39.4 Å². The fraction of sp³-hybridized carbons (Fsp3) is 0.350. The van der Waals surface area contributed by atoms with Crippen molar-refractivity contribution in [3.63, 3.8) is 0 Å². The van der Waals surface area contributed by atoms with E-state index in [1.807, 2.05) is 37.3 Å². The predicted molar refractivity (Wildman–Crippen MR) is 99.7 cm³/mol. The van der Waals surface area contributed by atoms with Gasteiger partial charge in [0.05, 0.1) is 29.8 Å². The van der Waals surface area contributed by atoms with Gasteiger partial charge in [0.1, 0.15) is 11.6 Å². The number of amides is 2. The summed E-state index contributed by atoms with van der Waals surface area (Å²) in [7, 11) is 0. The lowest BCUT2D eigenvalue weighted by atomic mass is 10.1.